The highest BCUT2D eigenvalue weighted by Gasteiger charge is 2.26. The Kier molecular flexibility index (Phi) is 6.55. The maximum absolute atomic E-state index is 12.1. The van der Waals surface area contributed by atoms with E-state index in [9.17, 15) is 14.9 Å². The zero-order chi connectivity index (χ0) is 24.2. The third kappa shape index (κ3) is 4.89. The Morgan fingerprint density at radius 1 is 1.15 bits per heavy atom. The Morgan fingerprint density at radius 3 is 2.53 bits per heavy atom. The van der Waals surface area contributed by atoms with Gasteiger partial charge in [-0.1, -0.05) is 28.8 Å². The van der Waals surface area contributed by atoms with Gasteiger partial charge in [-0.15, -0.1) is 5.10 Å². The minimum atomic E-state index is -0.607. The number of ether oxygens (including phenoxy) is 1. The van der Waals surface area contributed by atoms with E-state index in [-0.39, 0.29) is 29.8 Å². The third-order valence-electron chi connectivity index (χ3n) is 5.22. The minimum Gasteiger partial charge on any atom is -0.433 e. The van der Waals surface area contributed by atoms with Crippen LogP contribution >= 0.6 is 11.5 Å². The average Bonchev–Trinajstić information content (AvgIpc) is 3.35. The Bertz CT molecular complexity index is 1360. The lowest BCUT2D eigenvalue weighted by atomic mass is 10.0. The molecule has 4 rings (SSSR count). The summed E-state index contributed by atoms with van der Waals surface area (Å²) in [6, 6.07) is 11.0. The van der Waals surface area contributed by atoms with Gasteiger partial charge in [-0.2, -0.15) is 4.98 Å². The highest BCUT2D eigenvalue weighted by Crippen LogP contribution is 2.36. The molecule has 10 nitrogen and oxygen atoms in total. The van der Waals surface area contributed by atoms with Crippen molar-refractivity contribution in [3.8, 4) is 22.9 Å². The van der Waals surface area contributed by atoms with E-state index in [1.807, 2.05) is 43.5 Å². The van der Waals surface area contributed by atoms with E-state index in [0.717, 1.165) is 27.9 Å². The van der Waals surface area contributed by atoms with Crippen molar-refractivity contribution in [1.82, 2.24) is 19.6 Å². The number of anilines is 1. The zero-order valence-corrected chi connectivity index (χ0v) is 19.4. The largest absolute Gasteiger partial charge is 0.433 e. The Labute approximate surface area is 199 Å². The van der Waals surface area contributed by atoms with Gasteiger partial charge in [0.15, 0.2) is 5.78 Å². The first-order valence-corrected chi connectivity index (χ1v) is 11.1. The molecule has 4 aromatic rings. The van der Waals surface area contributed by atoms with Gasteiger partial charge in [-0.05, 0) is 61.1 Å². The predicted octanol–water partition coefficient (Wildman–Crippen LogP) is 5.13. The zero-order valence-electron chi connectivity index (χ0n) is 18.6. The summed E-state index contributed by atoms with van der Waals surface area (Å²) in [5, 5.41) is 20.8. The first kappa shape index (κ1) is 22.9. The molecule has 0 fully saturated rings. The number of nitro groups is 1. The number of aromatic nitrogens is 4. The van der Waals surface area contributed by atoms with E-state index >= 15 is 0 Å². The van der Waals surface area contributed by atoms with Crippen molar-refractivity contribution < 1.29 is 14.5 Å². The predicted molar refractivity (Wildman–Crippen MR) is 127 cm³/mol. The maximum atomic E-state index is 12.1. The topological polar surface area (TPSA) is 133 Å². The normalized spacial score (nSPS) is 10.7. The molecule has 0 radical (unpaired) electrons. The number of rotatable bonds is 8. The van der Waals surface area contributed by atoms with Crippen LogP contribution < -0.4 is 10.1 Å². The number of hydrogen-bond acceptors (Lipinski definition) is 10. The fourth-order valence-electron chi connectivity index (χ4n) is 3.25. The van der Waals surface area contributed by atoms with Gasteiger partial charge in [0.05, 0.1) is 10.5 Å². The average molecular weight is 477 g/mol. The maximum Gasteiger partial charge on any atom is 0.373 e. The molecule has 1 N–H and O–H groups in total. The lowest BCUT2D eigenvalue weighted by Crippen LogP contribution is -2.08. The molecule has 0 amide bonds. The third-order valence-corrected chi connectivity index (χ3v) is 5.73. The summed E-state index contributed by atoms with van der Waals surface area (Å²) in [5.41, 5.74) is 4.29. The van der Waals surface area contributed by atoms with Crippen molar-refractivity contribution in [1.29, 1.82) is 0 Å². The molecule has 0 saturated heterocycles. The van der Waals surface area contributed by atoms with Crippen LogP contribution in [0.25, 0.3) is 11.3 Å². The van der Waals surface area contributed by atoms with Crippen LogP contribution in [-0.4, -0.2) is 30.3 Å². The summed E-state index contributed by atoms with van der Waals surface area (Å²) < 4.78 is 9.64. The van der Waals surface area contributed by atoms with Gasteiger partial charge in [-0.3, -0.25) is 14.9 Å². The molecule has 0 spiro atoms. The number of carbonyl (C=O) groups is 1. The van der Waals surface area contributed by atoms with Crippen molar-refractivity contribution in [2.45, 2.75) is 27.3 Å². The molecule has 0 saturated carbocycles. The van der Waals surface area contributed by atoms with Crippen molar-refractivity contribution in [3.05, 3.63) is 80.5 Å². The Hall–Kier alpha value is -4.25. The molecule has 2 aromatic heterocycles. The molecule has 0 atom stereocenters. The van der Waals surface area contributed by atoms with E-state index in [1.54, 1.807) is 12.1 Å². The van der Waals surface area contributed by atoms with Crippen molar-refractivity contribution in [2.24, 2.45) is 0 Å². The van der Waals surface area contributed by atoms with Gasteiger partial charge in [-0.25, -0.2) is 4.98 Å². The lowest BCUT2D eigenvalue weighted by molar-refractivity contribution is -0.385. The second-order valence-corrected chi connectivity index (χ2v) is 8.17. The van der Waals surface area contributed by atoms with Gasteiger partial charge in [0, 0.05) is 17.5 Å². The number of Topliss-reactive ketones (excluding diaryl/α,β-unsaturated/α-hetero) is 1. The van der Waals surface area contributed by atoms with Crippen molar-refractivity contribution >= 4 is 28.8 Å². The smallest absolute Gasteiger partial charge is 0.373 e. The van der Waals surface area contributed by atoms with E-state index < -0.39 is 10.6 Å². The van der Waals surface area contributed by atoms with Crippen LogP contribution in [0.2, 0.25) is 0 Å². The standard InChI is InChI=1S/C23H20N6O4S/c1-13-8-18(15(3)30)20(9-14(13)2)33-23-21(29(31)32)22(25-12-26-23)24-10-16-4-6-17(7-5-16)19-11-34-28-27-19/h4-9,11-12H,10H2,1-3H3,(H,24,25,26). The molecule has 11 heteroatoms. The second-order valence-electron chi connectivity index (χ2n) is 7.56. The van der Waals surface area contributed by atoms with Crippen molar-refractivity contribution in [2.75, 3.05) is 5.32 Å². The number of ketones is 1. The SMILES string of the molecule is CC(=O)c1cc(C)c(C)cc1Oc1ncnc(NCc2ccc(-c3csnn3)cc2)c1[N+](=O)[O-]. The monoisotopic (exact) mass is 476 g/mol. The lowest BCUT2D eigenvalue weighted by Gasteiger charge is -2.13. The molecule has 2 aromatic carbocycles. The van der Waals surface area contributed by atoms with E-state index in [1.165, 1.54) is 24.8 Å². The number of hydrogen-bond donors (Lipinski definition) is 1. The molecular weight excluding hydrogens is 456 g/mol. The van der Waals surface area contributed by atoms with Crippen molar-refractivity contribution in [3.63, 3.8) is 0 Å². The van der Waals surface area contributed by atoms with E-state index in [0.29, 0.717) is 5.56 Å². The molecule has 0 aliphatic carbocycles. The van der Waals surface area contributed by atoms with Crippen LogP contribution in [0.3, 0.4) is 0 Å². The molecule has 34 heavy (non-hydrogen) atoms. The first-order valence-electron chi connectivity index (χ1n) is 10.2. The number of benzene rings is 2. The second kappa shape index (κ2) is 9.71. The number of nitrogens with zero attached hydrogens (tertiary/aromatic N) is 5. The molecule has 0 unspecified atom stereocenters. The summed E-state index contributed by atoms with van der Waals surface area (Å²) in [5.74, 6) is -0.254. The number of nitrogens with one attached hydrogen (secondary N) is 1. The van der Waals surface area contributed by atoms with Gasteiger partial charge in [0.1, 0.15) is 17.8 Å². The Balaban J connectivity index is 1.59. The summed E-state index contributed by atoms with van der Waals surface area (Å²) >= 11 is 1.27. The van der Waals surface area contributed by atoms with Crippen LogP contribution in [-0.2, 0) is 6.54 Å². The molecule has 0 aliphatic rings. The molecule has 2 heterocycles. The van der Waals surface area contributed by atoms with E-state index in [4.69, 9.17) is 4.74 Å². The van der Waals surface area contributed by atoms with Crippen LogP contribution in [0.4, 0.5) is 11.5 Å². The van der Waals surface area contributed by atoms with Gasteiger partial charge in [0.25, 0.3) is 0 Å². The van der Waals surface area contributed by atoms with E-state index in [2.05, 4.69) is 24.9 Å². The van der Waals surface area contributed by atoms with Crippen LogP contribution in [0.15, 0.2) is 48.1 Å². The molecule has 0 aliphatic heterocycles. The molecule has 172 valence electrons. The van der Waals surface area contributed by atoms with Gasteiger partial charge < -0.3 is 10.1 Å². The Morgan fingerprint density at radius 2 is 1.88 bits per heavy atom. The summed E-state index contributed by atoms with van der Waals surface area (Å²) in [7, 11) is 0. The summed E-state index contributed by atoms with van der Waals surface area (Å²) in [4.78, 5) is 31.4. The molecular formula is C23H20N6O4S. The highest BCUT2D eigenvalue weighted by atomic mass is 32.1. The highest BCUT2D eigenvalue weighted by molar-refractivity contribution is 7.03. The van der Waals surface area contributed by atoms with Gasteiger partial charge >= 0.3 is 11.6 Å². The number of aryl methyl sites for hydroxylation is 2. The molecule has 0 bridgehead atoms. The fraction of sp³-hybridized carbons (Fsp3) is 0.174. The fourth-order valence-corrected chi connectivity index (χ4v) is 3.72. The first-order chi connectivity index (χ1) is 16.3. The summed E-state index contributed by atoms with van der Waals surface area (Å²) in [6.45, 7) is 5.44. The quantitative estimate of drug-likeness (QED) is 0.209. The van der Waals surface area contributed by atoms with Crippen LogP contribution in [0.1, 0.15) is 34.0 Å². The van der Waals surface area contributed by atoms with Crippen LogP contribution in [0, 0.1) is 24.0 Å². The van der Waals surface area contributed by atoms with Gasteiger partial charge in [0.2, 0.25) is 5.82 Å². The number of carbonyl (C=O) groups excluding carboxylic acids is 1. The summed E-state index contributed by atoms with van der Waals surface area (Å²) in [6.07, 6.45) is 1.18. The minimum absolute atomic E-state index is 0.0102. The van der Waals surface area contributed by atoms with Crippen LogP contribution in [0.5, 0.6) is 11.6 Å².